The Balaban J connectivity index is 1.74. The number of carboxylic acids is 1. The van der Waals surface area contributed by atoms with Gasteiger partial charge in [-0.1, -0.05) is 36.6 Å². The van der Waals surface area contributed by atoms with Gasteiger partial charge in [-0.25, -0.2) is 0 Å². The number of rotatable bonds is 5. The Labute approximate surface area is 134 Å². The lowest BCUT2D eigenvalue weighted by Crippen LogP contribution is -2.44. The molecular weight excluding hydrogens is 302 g/mol. The molecule has 3 rings (SSSR count). The van der Waals surface area contributed by atoms with Gasteiger partial charge in [-0.3, -0.25) is 9.59 Å². The number of amides is 1. The number of carbonyl (C=O) groups is 2. The van der Waals surface area contributed by atoms with Crippen LogP contribution in [-0.2, 0) is 15.0 Å². The van der Waals surface area contributed by atoms with Gasteiger partial charge in [0.25, 0.3) is 0 Å². The number of carboxylic acid groups (broad SMARTS) is 1. The highest BCUT2D eigenvalue weighted by Gasteiger charge is 2.57. The fourth-order valence-corrected chi connectivity index (χ4v) is 3.63. The lowest BCUT2D eigenvalue weighted by atomic mass is 9.78. The molecule has 0 aromatic heterocycles. The van der Waals surface area contributed by atoms with Crippen molar-refractivity contribution < 1.29 is 14.7 Å². The molecule has 1 aromatic carbocycles. The Morgan fingerprint density at radius 1 is 1.09 bits per heavy atom. The van der Waals surface area contributed by atoms with Crippen molar-refractivity contribution >= 4 is 23.5 Å². The quantitative estimate of drug-likeness (QED) is 0.819. The SMILES string of the molecule is O=C(O)C1(C(=O)NCC2(c3ccc(Cl)cc3)CCCC2)CC1. The van der Waals surface area contributed by atoms with Crippen LogP contribution in [0.3, 0.4) is 0 Å². The summed E-state index contributed by atoms with van der Waals surface area (Å²) in [6, 6.07) is 7.78. The molecule has 22 heavy (non-hydrogen) atoms. The van der Waals surface area contributed by atoms with Gasteiger partial charge in [-0.05, 0) is 43.4 Å². The summed E-state index contributed by atoms with van der Waals surface area (Å²) >= 11 is 5.96. The van der Waals surface area contributed by atoms with Gasteiger partial charge in [0.2, 0.25) is 5.91 Å². The summed E-state index contributed by atoms with van der Waals surface area (Å²) in [6.07, 6.45) is 5.17. The minimum atomic E-state index is -1.17. The zero-order valence-corrected chi connectivity index (χ0v) is 13.2. The first-order valence-electron chi connectivity index (χ1n) is 7.76. The van der Waals surface area contributed by atoms with Gasteiger partial charge in [0, 0.05) is 17.0 Å². The Hall–Kier alpha value is -1.55. The second kappa shape index (κ2) is 5.58. The molecule has 4 nitrogen and oxygen atoms in total. The summed E-state index contributed by atoms with van der Waals surface area (Å²) in [5.74, 6) is -1.34. The molecule has 0 saturated heterocycles. The first kappa shape index (κ1) is 15.3. The maximum absolute atomic E-state index is 12.2. The van der Waals surface area contributed by atoms with Crippen LogP contribution in [0.1, 0.15) is 44.1 Å². The Morgan fingerprint density at radius 3 is 2.18 bits per heavy atom. The van der Waals surface area contributed by atoms with E-state index in [1.54, 1.807) is 0 Å². The second-order valence-corrected chi connectivity index (χ2v) is 7.00. The van der Waals surface area contributed by atoms with E-state index in [2.05, 4.69) is 5.32 Å². The van der Waals surface area contributed by atoms with E-state index in [-0.39, 0.29) is 11.3 Å². The van der Waals surface area contributed by atoms with E-state index >= 15 is 0 Å². The molecular formula is C17H20ClNO3. The highest BCUT2D eigenvalue weighted by Crippen LogP contribution is 2.47. The first-order chi connectivity index (χ1) is 10.5. The molecule has 1 aromatic rings. The van der Waals surface area contributed by atoms with Crippen molar-refractivity contribution in [1.29, 1.82) is 0 Å². The number of aliphatic carboxylic acids is 1. The van der Waals surface area contributed by atoms with E-state index in [1.165, 1.54) is 5.56 Å². The lowest BCUT2D eigenvalue weighted by molar-refractivity contribution is -0.149. The van der Waals surface area contributed by atoms with Crippen LogP contribution in [0.25, 0.3) is 0 Å². The van der Waals surface area contributed by atoms with Crippen LogP contribution >= 0.6 is 11.6 Å². The van der Waals surface area contributed by atoms with Gasteiger partial charge in [-0.15, -0.1) is 0 Å². The van der Waals surface area contributed by atoms with E-state index in [0.29, 0.717) is 24.4 Å². The standard InChI is InChI=1S/C17H20ClNO3/c18-13-5-3-12(4-6-13)16(7-1-2-8-16)11-19-14(20)17(9-10-17)15(21)22/h3-6H,1-2,7-11H2,(H,19,20)(H,21,22). The molecule has 2 aliphatic carbocycles. The zero-order valence-electron chi connectivity index (χ0n) is 12.4. The number of hydrogen-bond acceptors (Lipinski definition) is 2. The molecule has 2 N–H and O–H groups in total. The predicted octanol–water partition coefficient (Wildman–Crippen LogP) is 3.13. The fourth-order valence-electron chi connectivity index (χ4n) is 3.50. The zero-order chi connectivity index (χ0) is 15.8. The largest absolute Gasteiger partial charge is 0.480 e. The number of nitrogens with one attached hydrogen (secondary N) is 1. The van der Waals surface area contributed by atoms with Crippen molar-refractivity contribution in [3.63, 3.8) is 0 Å². The highest BCUT2D eigenvalue weighted by molar-refractivity contribution is 6.30. The molecule has 0 atom stereocenters. The molecule has 2 aliphatic rings. The molecule has 1 amide bonds. The topological polar surface area (TPSA) is 66.4 Å². The van der Waals surface area contributed by atoms with Crippen LogP contribution in [0, 0.1) is 5.41 Å². The fraction of sp³-hybridized carbons (Fsp3) is 0.529. The molecule has 0 unspecified atom stereocenters. The van der Waals surface area contributed by atoms with Gasteiger partial charge in [-0.2, -0.15) is 0 Å². The molecule has 0 heterocycles. The maximum atomic E-state index is 12.2. The van der Waals surface area contributed by atoms with E-state index in [0.717, 1.165) is 25.7 Å². The number of carbonyl (C=O) groups excluding carboxylic acids is 1. The van der Waals surface area contributed by atoms with Gasteiger partial charge in [0.1, 0.15) is 5.41 Å². The van der Waals surface area contributed by atoms with Crippen molar-refractivity contribution in [1.82, 2.24) is 5.32 Å². The third-order valence-electron chi connectivity index (χ3n) is 5.20. The van der Waals surface area contributed by atoms with Crippen LogP contribution < -0.4 is 5.32 Å². The summed E-state index contributed by atoms with van der Waals surface area (Å²) < 4.78 is 0. The summed E-state index contributed by atoms with van der Waals surface area (Å²) in [4.78, 5) is 23.5. The van der Waals surface area contributed by atoms with Crippen molar-refractivity contribution in [2.45, 2.75) is 43.9 Å². The average molecular weight is 322 g/mol. The minimum absolute atomic E-state index is 0.0885. The lowest BCUT2D eigenvalue weighted by Gasteiger charge is -2.30. The number of halogens is 1. The second-order valence-electron chi connectivity index (χ2n) is 6.56. The Morgan fingerprint density at radius 2 is 1.68 bits per heavy atom. The Bertz CT molecular complexity index is 586. The van der Waals surface area contributed by atoms with Crippen LogP contribution in [0.5, 0.6) is 0 Å². The van der Waals surface area contributed by atoms with Gasteiger partial charge >= 0.3 is 5.97 Å². The minimum Gasteiger partial charge on any atom is -0.480 e. The molecule has 0 bridgehead atoms. The van der Waals surface area contributed by atoms with Crippen LogP contribution in [0.2, 0.25) is 5.02 Å². The monoisotopic (exact) mass is 321 g/mol. The molecule has 5 heteroatoms. The van der Waals surface area contributed by atoms with Gasteiger partial charge < -0.3 is 10.4 Å². The van der Waals surface area contributed by atoms with Crippen molar-refractivity contribution in [3.05, 3.63) is 34.9 Å². The number of hydrogen-bond donors (Lipinski definition) is 2. The molecule has 118 valence electrons. The summed E-state index contributed by atoms with van der Waals surface area (Å²) in [7, 11) is 0. The smallest absolute Gasteiger partial charge is 0.319 e. The summed E-state index contributed by atoms with van der Waals surface area (Å²) in [5.41, 5.74) is -0.0795. The summed E-state index contributed by atoms with van der Waals surface area (Å²) in [5, 5.41) is 12.8. The molecule has 0 aliphatic heterocycles. The first-order valence-corrected chi connectivity index (χ1v) is 8.14. The van der Waals surface area contributed by atoms with Gasteiger partial charge in [0.05, 0.1) is 0 Å². The van der Waals surface area contributed by atoms with Crippen molar-refractivity contribution in [2.24, 2.45) is 5.41 Å². The predicted molar refractivity (Wildman–Crippen MR) is 83.9 cm³/mol. The third kappa shape index (κ3) is 2.60. The molecule has 2 saturated carbocycles. The van der Waals surface area contributed by atoms with Crippen molar-refractivity contribution in [2.75, 3.05) is 6.54 Å². The Kier molecular flexibility index (Phi) is 3.89. The van der Waals surface area contributed by atoms with Crippen LogP contribution in [0.4, 0.5) is 0 Å². The molecule has 0 radical (unpaired) electrons. The maximum Gasteiger partial charge on any atom is 0.319 e. The van der Waals surface area contributed by atoms with E-state index < -0.39 is 11.4 Å². The average Bonchev–Trinajstić information content (AvgIpc) is 3.19. The normalized spacial score (nSPS) is 21.3. The summed E-state index contributed by atoms with van der Waals surface area (Å²) in [6.45, 7) is 0.502. The van der Waals surface area contributed by atoms with Crippen LogP contribution in [-0.4, -0.2) is 23.5 Å². The highest BCUT2D eigenvalue weighted by atomic mass is 35.5. The van der Waals surface area contributed by atoms with E-state index in [1.807, 2.05) is 24.3 Å². The number of benzene rings is 1. The van der Waals surface area contributed by atoms with E-state index in [9.17, 15) is 14.7 Å². The molecule has 2 fully saturated rings. The molecule has 0 spiro atoms. The van der Waals surface area contributed by atoms with Crippen LogP contribution in [0.15, 0.2) is 24.3 Å². The van der Waals surface area contributed by atoms with E-state index in [4.69, 9.17) is 11.6 Å². The van der Waals surface area contributed by atoms with Gasteiger partial charge in [0.15, 0.2) is 0 Å². The third-order valence-corrected chi connectivity index (χ3v) is 5.45. The van der Waals surface area contributed by atoms with Crippen molar-refractivity contribution in [3.8, 4) is 0 Å².